The maximum absolute atomic E-state index is 9.57. The Hall–Kier alpha value is -0.870. The molecular formula is C8H13N3O. The second kappa shape index (κ2) is 2.88. The van der Waals surface area contributed by atoms with Gasteiger partial charge in [0, 0.05) is 25.5 Å². The number of aliphatic hydroxyl groups excluding tert-OH is 1. The SMILES string of the molecule is Cc1nccn1C1CNC[C@H]1O. The van der Waals surface area contributed by atoms with Gasteiger partial charge in [0.1, 0.15) is 5.82 Å². The highest BCUT2D eigenvalue weighted by molar-refractivity contribution is 4.97. The van der Waals surface area contributed by atoms with Crippen LogP contribution in [0.5, 0.6) is 0 Å². The summed E-state index contributed by atoms with van der Waals surface area (Å²) >= 11 is 0. The van der Waals surface area contributed by atoms with Crippen LogP contribution in [0.2, 0.25) is 0 Å². The smallest absolute Gasteiger partial charge is 0.105 e. The molecule has 0 bridgehead atoms. The molecule has 0 amide bonds. The quantitative estimate of drug-likeness (QED) is 0.603. The van der Waals surface area contributed by atoms with Crippen molar-refractivity contribution < 1.29 is 5.11 Å². The minimum absolute atomic E-state index is 0.160. The second-order valence-electron chi connectivity index (χ2n) is 3.17. The van der Waals surface area contributed by atoms with Crippen molar-refractivity contribution in [2.24, 2.45) is 0 Å². The number of aromatic nitrogens is 2. The largest absolute Gasteiger partial charge is 0.390 e. The van der Waals surface area contributed by atoms with Crippen LogP contribution in [0.25, 0.3) is 0 Å². The van der Waals surface area contributed by atoms with Crippen LogP contribution in [0.1, 0.15) is 11.9 Å². The van der Waals surface area contributed by atoms with Crippen molar-refractivity contribution in [2.45, 2.75) is 19.1 Å². The van der Waals surface area contributed by atoms with Crippen molar-refractivity contribution in [1.29, 1.82) is 0 Å². The van der Waals surface area contributed by atoms with Crippen molar-refractivity contribution in [1.82, 2.24) is 14.9 Å². The Morgan fingerprint density at radius 1 is 1.67 bits per heavy atom. The van der Waals surface area contributed by atoms with Gasteiger partial charge in [0.2, 0.25) is 0 Å². The topological polar surface area (TPSA) is 50.1 Å². The third kappa shape index (κ3) is 1.13. The van der Waals surface area contributed by atoms with Gasteiger partial charge in [-0.3, -0.25) is 0 Å². The molecule has 1 aliphatic rings. The zero-order valence-corrected chi connectivity index (χ0v) is 7.07. The van der Waals surface area contributed by atoms with Crippen LogP contribution in [0.15, 0.2) is 12.4 Å². The van der Waals surface area contributed by atoms with Crippen LogP contribution in [0.3, 0.4) is 0 Å². The molecule has 2 N–H and O–H groups in total. The molecule has 1 unspecified atom stereocenters. The lowest BCUT2D eigenvalue weighted by atomic mass is 10.2. The van der Waals surface area contributed by atoms with Gasteiger partial charge in [-0.2, -0.15) is 0 Å². The molecule has 2 heterocycles. The predicted molar refractivity (Wildman–Crippen MR) is 44.9 cm³/mol. The van der Waals surface area contributed by atoms with Crippen molar-refractivity contribution in [3.8, 4) is 0 Å². The number of nitrogens with zero attached hydrogens (tertiary/aromatic N) is 2. The van der Waals surface area contributed by atoms with E-state index in [0.29, 0.717) is 6.54 Å². The van der Waals surface area contributed by atoms with Gasteiger partial charge in [-0.05, 0) is 6.92 Å². The third-order valence-corrected chi connectivity index (χ3v) is 2.37. The van der Waals surface area contributed by atoms with Crippen LogP contribution < -0.4 is 5.32 Å². The van der Waals surface area contributed by atoms with Gasteiger partial charge in [-0.1, -0.05) is 0 Å². The summed E-state index contributed by atoms with van der Waals surface area (Å²) < 4.78 is 2.02. The Morgan fingerprint density at radius 2 is 2.50 bits per heavy atom. The van der Waals surface area contributed by atoms with Gasteiger partial charge in [-0.25, -0.2) is 4.98 Å². The lowest BCUT2D eigenvalue weighted by Crippen LogP contribution is -2.22. The monoisotopic (exact) mass is 167 g/mol. The molecule has 1 aromatic rings. The fraction of sp³-hybridized carbons (Fsp3) is 0.625. The standard InChI is InChI=1S/C8H13N3O/c1-6-10-2-3-11(6)7-4-9-5-8(7)12/h2-3,7-9,12H,4-5H2,1H3/t7?,8-/m1/s1. The number of aliphatic hydroxyl groups is 1. The summed E-state index contributed by atoms with van der Waals surface area (Å²) in [6, 6.07) is 0.160. The highest BCUT2D eigenvalue weighted by atomic mass is 16.3. The number of β-amino-alcohol motifs (C(OH)–C–C–N with tert-alkyl or cyclic N) is 1. The summed E-state index contributed by atoms with van der Waals surface area (Å²) in [6.07, 6.45) is 3.40. The average Bonchev–Trinajstić information content (AvgIpc) is 2.59. The Bertz CT molecular complexity index is 271. The summed E-state index contributed by atoms with van der Waals surface area (Å²) in [5.74, 6) is 0.961. The normalized spacial score (nSPS) is 29.5. The molecule has 66 valence electrons. The van der Waals surface area contributed by atoms with Crippen LogP contribution in [-0.4, -0.2) is 33.9 Å². The number of aryl methyl sites for hydroxylation is 1. The number of rotatable bonds is 1. The molecule has 4 nitrogen and oxygen atoms in total. The average molecular weight is 167 g/mol. The highest BCUT2D eigenvalue weighted by Gasteiger charge is 2.26. The van der Waals surface area contributed by atoms with Gasteiger partial charge in [0.05, 0.1) is 12.1 Å². The van der Waals surface area contributed by atoms with Crippen LogP contribution in [-0.2, 0) is 0 Å². The fourth-order valence-electron chi connectivity index (χ4n) is 1.67. The molecule has 4 heteroatoms. The molecule has 0 aliphatic carbocycles. The van der Waals surface area contributed by atoms with Crippen molar-refractivity contribution >= 4 is 0 Å². The van der Waals surface area contributed by atoms with Crippen LogP contribution in [0.4, 0.5) is 0 Å². The first-order valence-electron chi connectivity index (χ1n) is 4.17. The summed E-state index contributed by atoms with van der Waals surface area (Å²) in [5, 5.41) is 12.7. The van der Waals surface area contributed by atoms with Gasteiger partial charge < -0.3 is 15.0 Å². The molecule has 0 aromatic carbocycles. The van der Waals surface area contributed by atoms with E-state index in [1.165, 1.54) is 0 Å². The molecule has 0 saturated carbocycles. The first kappa shape index (κ1) is 7.76. The Balaban J connectivity index is 2.24. The molecule has 12 heavy (non-hydrogen) atoms. The van der Waals surface area contributed by atoms with Crippen LogP contribution >= 0.6 is 0 Å². The number of hydrogen-bond donors (Lipinski definition) is 2. The Morgan fingerprint density at radius 3 is 3.00 bits per heavy atom. The maximum Gasteiger partial charge on any atom is 0.105 e. The summed E-state index contributed by atoms with van der Waals surface area (Å²) in [5.41, 5.74) is 0. The summed E-state index contributed by atoms with van der Waals surface area (Å²) in [7, 11) is 0. The predicted octanol–water partition coefficient (Wildman–Crippen LogP) is -0.303. The number of hydrogen-bond acceptors (Lipinski definition) is 3. The lowest BCUT2D eigenvalue weighted by Gasteiger charge is -2.16. The van der Waals surface area contributed by atoms with E-state index in [1.807, 2.05) is 17.7 Å². The minimum atomic E-state index is -0.280. The van der Waals surface area contributed by atoms with E-state index in [9.17, 15) is 5.11 Å². The van der Waals surface area contributed by atoms with Crippen molar-refractivity contribution in [3.05, 3.63) is 18.2 Å². The highest BCUT2D eigenvalue weighted by Crippen LogP contribution is 2.16. The van der Waals surface area contributed by atoms with Gasteiger partial charge in [-0.15, -0.1) is 0 Å². The zero-order valence-electron chi connectivity index (χ0n) is 7.07. The zero-order chi connectivity index (χ0) is 8.55. The second-order valence-corrected chi connectivity index (χ2v) is 3.17. The van der Waals surface area contributed by atoms with Crippen LogP contribution in [0, 0.1) is 6.92 Å². The molecule has 0 spiro atoms. The molecule has 1 aliphatic heterocycles. The maximum atomic E-state index is 9.57. The number of nitrogens with one attached hydrogen (secondary N) is 1. The molecule has 1 aromatic heterocycles. The first-order chi connectivity index (χ1) is 5.79. The van der Waals surface area contributed by atoms with E-state index >= 15 is 0 Å². The number of imidazole rings is 1. The Kier molecular flexibility index (Phi) is 1.86. The van der Waals surface area contributed by atoms with Gasteiger partial charge in [0.15, 0.2) is 0 Å². The van der Waals surface area contributed by atoms with Crippen molar-refractivity contribution in [3.63, 3.8) is 0 Å². The molecule has 1 fully saturated rings. The molecule has 0 radical (unpaired) electrons. The van der Waals surface area contributed by atoms with Gasteiger partial charge >= 0.3 is 0 Å². The van der Waals surface area contributed by atoms with Gasteiger partial charge in [0.25, 0.3) is 0 Å². The first-order valence-corrected chi connectivity index (χ1v) is 4.17. The molecule has 2 rings (SSSR count). The van der Waals surface area contributed by atoms with Crippen molar-refractivity contribution in [2.75, 3.05) is 13.1 Å². The molecule has 2 atom stereocenters. The summed E-state index contributed by atoms with van der Waals surface area (Å²) in [4.78, 5) is 4.12. The lowest BCUT2D eigenvalue weighted by molar-refractivity contribution is 0.150. The van der Waals surface area contributed by atoms with E-state index in [4.69, 9.17) is 0 Å². The molecule has 1 saturated heterocycles. The van der Waals surface area contributed by atoms with E-state index < -0.39 is 0 Å². The van der Waals surface area contributed by atoms with E-state index in [0.717, 1.165) is 12.4 Å². The van der Waals surface area contributed by atoms with E-state index in [-0.39, 0.29) is 12.1 Å². The fourth-order valence-corrected chi connectivity index (χ4v) is 1.67. The van der Waals surface area contributed by atoms with E-state index in [2.05, 4.69) is 10.3 Å². The Labute approximate surface area is 71.2 Å². The minimum Gasteiger partial charge on any atom is -0.390 e. The molecular weight excluding hydrogens is 154 g/mol. The summed E-state index contributed by atoms with van der Waals surface area (Å²) in [6.45, 7) is 3.46. The van der Waals surface area contributed by atoms with E-state index in [1.54, 1.807) is 6.20 Å². The third-order valence-electron chi connectivity index (χ3n) is 2.37.